The number of benzene rings is 8. The lowest BCUT2D eigenvalue weighted by molar-refractivity contribution is 0.660. The highest BCUT2D eigenvalue weighted by Gasteiger charge is 2.37. The van der Waals surface area contributed by atoms with Gasteiger partial charge in [0.05, 0.1) is 0 Å². The maximum atomic E-state index is 6.14. The molecule has 2 aliphatic carbocycles. The largest absolute Gasteiger partial charge is 0.456 e. The Morgan fingerprint density at radius 2 is 0.821 bits per heavy atom. The average Bonchev–Trinajstić information content (AvgIpc) is 3.80. The van der Waals surface area contributed by atoms with E-state index in [4.69, 9.17) is 4.42 Å². The van der Waals surface area contributed by atoms with Crippen molar-refractivity contribution in [1.29, 1.82) is 0 Å². The fourth-order valence-corrected chi connectivity index (χ4v) is 9.66. The first-order valence-electron chi connectivity index (χ1n) is 19.7. The van der Waals surface area contributed by atoms with Crippen molar-refractivity contribution < 1.29 is 4.42 Å². The molecular weight excluding hydrogens is 679 g/mol. The molecule has 2 nitrogen and oxygen atoms in total. The van der Waals surface area contributed by atoms with E-state index in [2.05, 4.69) is 196 Å². The monoisotopic (exact) mass is 719 g/mol. The molecule has 0 N–H and O–H groups in total. The molecule has 0 aliphatic heterocycles. The first-order chi connectivity index (χ1) is 27.3. The number of hydrogen-bond donors (Lipinski definition) is 0. The molecule has 0 atom stereocenters. The molecule has 8 aromatic carbocycles. The number of furan rings is 1. The zero-order chi connectivity index (χ0) is 37.8. The second-order valence-electron chi connectivity index (χ2n) is 16.6. The Morgan fingerprint density at radius 3 is 1.57 bits per heavy atom. The van der Waals surface area contributed by atoms with Gasteiger partial charge in [0.1, 0.15) is 11.2 Å². The van der Waals surface area contributed by atoms with Gasteiger partial charge < -0.3 is 9.32 Å². The lowest BCUT2D eigenvalue weighted by atomic mass is 9.81. The van der Waals surface area contributed by atoms with Gasteiger partial charge in [-0.1, -0.05) is 137 Å². The molecule has 0 radical (unpaired) electrons. The summed E-state index contributed by atoms with van der Waals surface area (Å²) in [6.45, 7) is 9.44. The highest BCUT2D eigenvalue weighted by molar-refractivity contribution is 6.06. The molecule has 1 aromatic heterocycles. The molecule has 11 rings (SSSR count). The summed E-state index contributed by atoms with van der Waals surface area (Å²) < 4.78 is 6.14. The Bertz CT molecular complexity index is 3020. The number of nitrogens with zero attached hydrogens (tertiary/aromatic N) is 1. The van der Waals surface area contributed by atoms with Gasteiger partial charge in [-0.2, -0.15) is 0 Å². The molecule has 0 bridgehead atoms. The molecule has 0 fully saturated rings. The molecule has 0 saturated carbocycles. The quantitative estimate of drug-likeness (QED) is 0.176. The third-order valence-corrected chi connectivity index (χ3v) is 12.7. The van der Waals surface area contributed by atoms with Crippen molar-refractivity contribution in [2.75, 3.05) is 4.90 Å². The standard InChI is InChI=1S/C54H41NO/c1-53(2)47-16-10-8-14-41(47)42-26-20-36(31-48(42)53)34-18-23-39(24-19-34)55(38-12-6-5-7-13-38)40-25-28-44-43-27-21-37(32-49(43)54(3,4)50(44)33-40)35-22-29-52-46(30-35)45-15-9-11-17-51(45)56-52/h5-33H,1-4H3. The predicted octanol–water partition coefficient (Wildman–Crippen LogP) is 15.0. The van der Waals surface area contributed by atoms with Crippen LogP contribution in [0.1, 0.15) is 49.9 Å². The summed E-state index contributed by atoms with van der Waals surface area (Å²) >= 11 is 0. The lowest BCUT2D eigenvalue weighted by Crippen LogP contribution is -2.16. The van der Waals surface area contributed by atoms with Crippen LogP contribution >= 0.6 is 0 Å². The van der Waals surface area contributed by atoms with Gasteiger partial charge in [-0.15, -0.1) is 0 Å². The summed E-state index contributed by atoms with van der Waals surface area (Å²) in [5.74, 6) is 0. The van der Waals surface area contributed by atoms with Crippen LogP contribution in [0.5, 0.6) is 0 Å². The Labute approximate surface area is 328 Å². The molecule has 1 heterocycles. The summed E-state index contributed by atoms with van der Waals surface area (Å²) in [4.78, 5) is 2.39. The second kappa shape index (κ2) is 11.9. The SMILES string of the molecule is CC1(C)c2ccccc2-c2ccc(-c3ccc(N(c4ccccc4)c4ccc5c(c4)C(C)(C)c4cc(-c6ccc7oc8ccccc8c7c6)ccc4-5)cc3)cc21. The molecule has 268 valence electrons. The Kier molecular flexibility index (Phi) is 6.98. The zero-order valence-electron chi connectivity index (χ0n) is 32.1. The van der Waals surface area contributed by atoms with Crippen molar-refractivity contribution in [3.8, 4) is 44.5 Å². The van der Waals surface area contributed by atoms with Crippen molar-refractivity contribution in [2.24, 2.45) is 0 Å². The van der Waals surface area contributed by atoms with E-state index in [-0.39, 0.29) is 10.8 Å². The van der Waals surface area contributed by atoms with Crippen LogP contribution in [0.15, 0.2) is 180 Å². The topological polar surface area (TPSA) is 16.4 Å². The minimum absolute atomic E-state index is 0.0293. The molecular formula is C54H41NO. The molecule has 0 spiro atoms. The summed E-state index contributed by atoms with van der Waals surface area (Å²) in [6, 6.07) is 64.6. The predicted molar refractivity (Wildman–Crippen MR) is 234 cm³/mol. The van der Waals surface area contributed by atoms with Crippen LogP contribution in [-0.2, 0) is 10.8 Å². The van der Waals surface area contributed by atoms with E-state index in [9.17, 15) is 0 Å². The maximum Gasteiger partial charge on any atom is 0.135 e. The fraction of sp³-hybridized carbons (Fsp3) is 0.111. The number of para-hydroxylation sites is 2. The van der Waals surface area contributed by atoms with Crippen LogP contribution in [0.4, 0.5) is 17.1 Å². The van der Waals surface area contributed by atoms with Crippen molar-refractivity contribution >= 4 is 39.0 Å². The van der Waals surface area contributed by atoms with E-state index in [0.29, 0.717) is 0 Å². The van der Waals surface area contributed by atoms with Crippen LogP contribution in [0.3, 0.4) is 0 Å². The summed E-state index contributed by atoms with van der Waals surface area (Å²) in [7, 11) is 0. The minimum Gasteiger partial charge on any atom is -0.456 e. The fourth-order valence-electron chi connectivity index (χ4n) is 9.66. The number of fused-ring (bicyclic) bond motifs is 9. The molecule has 0 saturated heterocycles. The average molecular weight is 720 g/mol. The molecule has 0 unspecified atom stereocenters. The van der Waals surface area contributed by atoms with E-state index in [1.807, 2.05) is 12.1 Å². The first kappa shape index (κ1) is 32.8. The van der Waals surface area contributed by atoms with Gasteiger partial charge >= 0.3 is 0 Å². The Balaban J connectivity index is 0.950. The van der Waals surface area contributed by atoms with E-state index in [1.165, 1.54) is 66.8 Å². The molecule has 2 heteroatoms. The van der Waals surface area contributed by atoms with Gasteiger partial charge in [0.2, 0.25) is 0 Å². The Hall–Kier alpha value is -6.64. The van der Waals surface area contributed by atoms with Crippen LogP contribution in [0.25, 0.3) is 66.4 Å². The van der Waals surface area contributed by atoms with Crippen molar-refractivity contribution in [1.82, 2.24) is 0 Å². The van der Waals surface area contributed by atoms with Gasteiger partial charge in [-0.25, -0.2) is 0 Å². The second-order valence-corrected chi connectivity index (χ2v) is 16.6. The Morgan fingerprint density at radius 1 is 0.339 bits per heavy atom. The third kappa shape index (κ3) is 4.82. The van der Waals surface area contributed by atoms with Gasteiger partial charge in [0.15, 0.2) is 0 Å². The molecule has 0 amide bonds. The van der Waals surface area contributed by atoms with Gasteiger partial charge in [0.25, 0.3) is 0 Å². The zero-order valence-corrected chi connectivity index (χ0v) is 32.1. The third-order valence-electron chi connectivity index (χ3n) is 12.7. The van der Waals surface area contributed by atoms with Crippen molar-refractivity contribution in [3.63, 3.8) is 0 Å². The summed E-state index contributed by atoms with van der Waals surface area (Å²) in [5, 5.41) is 2.31. The van der Waals surface area contributed by atoms with Crippen molar-refractivity contribution in [3.05, 3.63) is 198 Å². The molecule has 9 aromatic rings. The van der Waals surface area contributed by atoms with Gasteiger partial charge in [-0.05, 0) is 133 Å². The smallest absolute Gasteiger partial charge is 0.135 e. The van der Waals surface area contributed by atoms with E-state index >= 15 is 0 Å². The van der Waals surface area contributed by atoms with Gasteiger partial charge in [-0.3, -0.25) is 0 Å². The van der Waals surface area contributed by atoms with E-state index in [0.717, 1.165) is 39.0 Å². The number of rotatable bonds is 5. The van der Waals surface area contributed by atoms with Crippen molar-refractivity contribution in [2.45, 2.75) is 38.5 Å². The minimum atomic E-state index is -0.184. The summed E-state index contributed by atoms with van der Waals surface area (Å²) in [5.41, 5.74) is 20.8. The van der Waals surface area contributed by atoms with Crippen LogP contribution in [0.2, 0.25) is 0 Å². The van der Waals surface area contributed by atoms with Crippen LogP contribution in [0, 0.1) is 0 Å². The molecule has 56 heavy (non-hydrogen) atoms. The van der Waals surface area contributed by atoms with Crippen LogP contribution < -0.4 is 4.90 Å². The highest BCUT2D eigenvalue weighted by atomic mass is 16.3. The van der Waals surface area contributed by atoms with E-state index < -0.39 is 0 Å². The first-order valence-corrected chi connectivity index (χ1v) is 19.7. The van der Waals surface area contributed by atoms with E-state index in [1.54, 1.807) is 0 Å². The maximum absolute atomic E-state index is 6.14. The lowest BCUT2D eigenvalue weighted by Gasteiger charge is -2.28. The number of hydrogen-bond acceptors (Lipinski definition) is 2. The summed E-state index contributed by atoms with van der Waals surface area (Å²) in [6.07, 6.45) is 0. The number of anilines is 3. The highest BCUT2D eigenvalue weighted by Crippen LogP contribution is 2.52. The molecule has 2 aliphatic rings. The van der Waals surface area contributed by atoms with Gasteiger partial charge in [0, 0.05) is 38.7 Å². The van der Waals surface area contributed by atoms with Crippen LogP contribution in [-0.4, -0.2) is 0 Å². The normalized spacial score (nSPS) is 14.4.